The molecule has 1 aromatic rings. The molecule has 1 aliphatic carbocycles. The van der Waals surface area contributed by atoms with E-state index in [0.717, 1.165) is 12.8 Å². The van der Waals surface area contributed by atoms with Crippen LogP contribution in [0.3, 0.4) is 0 Å². The lowest BCUT2D eigenvalue weighted by Crippen LogP contribution is -2.47. The van der Waals surface area contributed by atoms with Crippen LogP contribution in [0.25, 0.3) is 0 Å². The molecule has 112 valence electrons. The van der Waals surface area contributed by atoms with Gasteiger partial charge in [0.15, 0.2) is 5.13 Å². The Morgan fingerprint density at radius 3 is 2.65 bits per heavy atom. The molecule has 1 heterocycles. The van der Waals surface area contributed by atoms with E-state index in [-0.39, 0.29) is 29.4 Å². The molecule has 1 amide bonds. The Morgan fingerprint density at radius 2 is 2.10 bits per heavy atom. The lowest BCUT2D eigenvalue weighted by Gasteiger charge is -2.34. The molecule has 0 unspecified atom stereocenters. The molecule has 0 spiro atoms. The number of nitrogen functional groups attached to an aromatic ring is 1. The molecule has 1 fully saturated rings. The van der Waals surface area contributed by atoms with Crippen molar-refractivity contribution in [2.75, 3.05) is 18.2 Å². The Hall–Kier alpha value is -1.34. The van der Waals surface area contributed by atoms with Gasteiger partial charge in [0, 0.05) is 18.7 Å². The number of methoxy groups -OCH3 is 1. The summed E-state index contributed by atoms with van der Waals surface area (Å²) in [6.45, 7) is 6.09. The van der Waals surface area contributed by atoms with Gasteiger partial charge in [-0.2, -0.15) is 0 Å². The van der Waals surface area contributed by atoms with Crippen molar-refractivity contribution in [3.63, 3.8) is 0 Å². The summed E-state index contributed by atoms with van der Waals surface area (Å²) in [5.74, 6) is 0.128. The minimum absolute atomic E-state index is 0.113. The molecule has 1 aliphatic rings. The first-order valence-electron chi connectivity index (χ1n) is 6.66. The fourth-order valence-corrected chi connectivity index (χ4v) is 2.99. The first-order chi connectivity index (χ1) is 9.28. The average molecular weight is 298 g/mol. The number of carbonyl (C=O) groups excluding carboxylic acids is 1. The molecule has 1 aromatic heterocycles. The van der Waals surface area contributed by atoms with Gasteiger partial charge in [-0.05, 0) is 33.6 Å². The van der Waals surface area contributed by atoms with Crippen LogP contribution < -0.4 is 16.4 Å². The number of thiazole rings is 1. The molecule has 0 aliphatic heterocycles. The first-order valence-corrected chi connectivity index (χ1v) is 7.48. The number of anilines is 2. The third-order valence-corrected chi connectivity index (χ3v) is 4.09. The van der Waals surface area contributed by atoms with Gasteiger partial charge < -0.3 is 21.1 Å². The quantitative estimate of drug-likeness (QED) is 0.789. The summed E-state index contributed by atoms with van der Waals surface area (Å²) < 4.78 is 5.19. The number of hydrogen-bond acceptors (Lipinski definition) is 6. The molecular weight excluding hydrogens is 276 g/mol. The van der Waals surface area contributed by atoms with Gasteiger partial charge in [0.05, 0.1) is 6.10 Å². The van der Waals surface area contributed by atoms with Crippen molar-refractivity contribution < 1.29 is 9.53 Å². The number of carbonyl (C=O) groups is 1. The zero-order valence-corrected chi connectivity index (χ0v) is 13.1. The van der Waals surface area contributed by atoms with Crippen LogP contribution in [0.1, 0.15) is 43.3 Å². The number of ether oxygens (including phenoxy) is 1. The van der Waals surface area contributed by atoms with Gasteiger partial charge in [0.2, 0.25) is 0 Å². The minimum Gasteiger partial charge on any atom is -0.382 e. The summed E-state index contributed by atoms with van der Waals surface area (Å²) in [5.41, 5.74) is 5.71. The minimum atomic E-state index is -0.151. The highest BCUT2D eigenvalue weighted by Crippen LogP contribution is 2.28. The number of amides is 1. The van der Waals surface area contributed by atoms with Crippen LogP contribution in [0.15, 0.2) is 0 Å². The molecule has 0 bridgehead atoms. The van der Waals surface area contributed by atoms with Crippen LogP contribution in [-0.4, -0.2) is 35.7 Å². The van der Waals surface area contributed by atoms with Crippen molar-refractivity contribution in [3.8, 4) is 0 Å². The highest BCUT2D eigenvalue weighted by Gasteiger charge is 2.31. The van der Waals surface area contributed by atoms with Crippen LogP contribution in [0.4, 0.5) is 10.9 Å². The molecular formula is C13H22N4O2S. The summed E-state index contributed by atoms with van der Waals surface area (Å²) in [6, 6.07) is 0.174. The maximum absolute atomic E-state index is 12.2. The lowest BCUT2D eigenvalue weighted by molar-refractivity contribution is 0.0177. The zero-order valence-electron chi connectivity index (χ0n) is 12.3. The summed E-state index contributed by atoms with van der Waals surface area (Å²) in [4.78, 5) is 16.8. The Bertz CT molecular complexity index is 489. The first kappa shape index (κ1) is 15.1. The van der Waals surface area contributed by atoms with E-state index in [0.29, 0.717) is 10.0 Å². The molecule has 7 heteroatoms. The van der Waals surface area contributed by atoms with Gasteiger partial charge in [-0.25, -0.2) is 4.98 Å². The lowest BCUT2D eigenvalue weighted by atomic mass is 9.89. The topological polar surface area (TPSA) is 89.3 Å². The second-order valence-corrected chi connectivity index (χ2v) is 7.11. The van der Waals surface area contributed by atoms with Gasteiger partial charge in [0.1, 0.15) is 10.7 Å². The van der Waals surface area contributed by atoms with Crippen LogP contribution in [-0.2, 0) is 4.74 Å². The van der Waals surface area contributed by atoms with Crippen LogP contribution >= 0.6 is 11.3 Å². The highest BCUT2D eigenvalue weighted by molar-refractivity contribution is 7.18. The van der Waals surface area contributed by atoms with E-state index in [1.807, 2.05) is 20.8 Å². The van der Waals surface area contributed by atoms with Gasteiger partial charge in [-0.15, -0.1) is 0 Å². The van der Waals surface area contributed by atoms with E-state index >= 15 is 0 Å². The van der Waals surface area contributed by atoms with Crippen molar-refractivity contribution in [2.24, 2.45) is 0 Å². The van der Waals surface area contributed by atoms with Crippen LogP contribution in [0.2, 0.25) is 0 Å². The van der Waals surface area contributed by atoms with Crippen LogP contribution in [0, 0.1) is 0 Å². The molecule has 0 radical (unpaired) electrons. The van der Waals surface area contributed by atoms with E-state index in [9.17, 15) is 4.79 Å². The number of nitrogens with two attached hydrogens (primary N) is 1. The van der Waals surface area contributed by atoms with Gasteiger partial charge in [0.25, 0.3) is 5.91 Å². The normalized spacial score (nSPS) is 22.2. The number of hydrogen-bond donors (Lipinski definition) is 3. The second kappa shape index (κ2) is 5.57. The molecule has 6 nitrogen and oxygen atoms in total. The maximum atomic E-state index is 12.2. The van der Waals surface area contributed by atoms with Crippen molar-refractivity contribution in [3.05, 3.63) is 4.88 Å². The third-order valence-electron chi connectivity index (χ3n) is 3.10. The van der Waals surface area contributed by atoms with Gasteiger partial charge >= 0.3 is 0 Å². The van der Waals surface area contributed by atoms with Gasteiger partial charge in [-0.3, -0.25) is 4.79 Å². The summed E-state index contributed by atoms with van der Waals surface area (Å²) in [5, 5.41) is 6.85. The fraction of sp³-hybridized carbons (Fsp3) is 0.692. The predicted octanol–water partition coefficient (Wildman–Crippen LogP) is 1.84. The zero-order chi connectivity index (χ0) is 14.9. The fourth-order valence-electron chi connectivity index (χ4n) is 2.00. The summed E-state index contributed by atoms with van der Waals surface area (Å²) in [6.07, 6.45) is 1.97. The number of aromatic nitrogens is 1. The SMILES string of the molecule is COC1CC(NC(=O)c2sc(NC(C)(C)C)nc2N)C1. The van der Waals surface area contributed by atoms with E-state index in [1.54, 1.807) is 7.11 Å². The molecule has 2 rings (SSSR count). The second-order valence-electron chi connectivity index (χ2n) is 6.11. The van der Waals surface area contributed by atoms with Gasteiger partial charge in [-0.1, -0.05) is 11.3 Å². The third kappa shape index (κ3) is 3.61. The Labute approximate surface area is 123 Å². The number of nitrogens with one attached hydrogen (secondary N) is 2. The van der Waals surface area contributed by atoms with Crippen LogP contribution in [0.5, 0.6) is 0 Å². The average Bonchev–Trinajstić information content (AvgIpc) is 2.61. The number of nitrogens with zero attached hydrogens (tertiary/aromatic N) is 1. The van der Waals surface area contributed by atoms with E-state index < -0.39 is 0 Å². The molecule has 0 atom stereocenters. The number of rotatable bonds is 4. The van der Waals surface area contributed by atoms with E-state index in [1.165, 1.54) is 11.3 Å². The Kier molecular flexibility index (Phi) is 4.19. The summed E-state index contributed by atoms with van der Waals surface area (Å²) in [7, 11) is 1.69. The van der Waals surface area contributed by atoms with Crippen molar-refractivity contribution in [2.45, 2.75) is 51.3 Å². The van der Waals surface area contributed by atoms with E-state index in [2.05, 4.69) is 15.6 Å². The highest BCUT2D eigenvalue weighted by atomic mass is 32.1. The molecule has 1 saturated carbocycles. The molecule has 4 N–H and O–H groups in total. The van der Waals surface area contributed by atoms with E-state index in [4.69, 9.17) is 10.5 Å². The molecule has 0 aromatic carbocycles. The smallest absolute Gasteiger partial charge is 0.265 e. The van der Waals surface area contributed by atoms with Crippen molar-refractivity contribution in [1.82, 2.24) is 10.3 Å². The largest absolute Gasteiger partial charge is 0.382 e. The van der Waals surface area contributed by atoms with Crippen molar-refractivity contribution in [1.29, 1.82) is 0 Å². The summed E-state index contributed by atoms with van der Waals surface area (Å²) >= 11 is 1.29. The Morgan fingerprint density at radius 1 is 1.45 bits per heavy atom. The predicted molar refractivity (Wildman–Crippen MR) is 81.2 cm³/mol. The Balaban J connectivity index is 1.96. The maximum Gasteiger partial charge on any atom is 0.265 e. The van der Waals surface area contributed by atoms with Crippen molar-refractivity contribution >= 4 is 28.2 Å². The molecule has 0 saturated heterocycles. The molecule has 20 heavy (non-hydrogen) atoms. The standard InChI is InChI=1S/C13H22N4O2S/c1-13(2,3)17-12-16-10(14)9(20-12)11(18)15-7-5-8(6-7)19-4/h7-8H,5-6,14H2,1-4H3,(H,15,18)(H,16,17). The monoisotopic (exact) mass is 298 g/mol.